The SMILES string of the molecule is O=C(Nc1cc2c(cc1Cl)OCCO2)c1ccccc1Cl. The number of anilines is 1. The lowest BCUT2D eigenvalue weighted by molar-refractivity contribution is 0.102. The fourth-order valence-corrected chi connectivity index (χ4v) is 2.42. The van der Waals surface area contributed by atoms with E-state index >= 15 is 0 Å². The normalized spacial score (nSPS) is 12.9. The molecule has 1 aliphatic heterocycles. The lowest BCUT2D eigenvalue weighted by Gasteiger charge is -2.20. The van der Waals surface area contributed by atoms with Gasteiger partial charge in [0, 0.05) is 12.1 Å². The van der Waals surface area contributed by atoms with Crippen LogP contribution >= 0.6 is 23.2 Å². The minimum absolute atomic E-state index is 0.334. The molecule has 21 heavy (non-hydrogen) atoms. The van der Waals surface area contributed by atoms with Crippen LogP contribution < -0.4 is 14.8 Å². The highest BCUT2D eigenvalue weighted by Gasteiger charge is 2.17. The van der Waals surface area contributed by atoms with Gasteiger partial charge in [-0.05, 0) is 12.1 Å². The Labute approximate surface area is 131 Å². The highest BCUT2D eigenvalue weighted by atomic mass is 35.5. The fourth-order valence-electron chi connectivity index (χ4n) is 1.99. The molecule has 0 saturated carbocycles. The van der Waals surface area contributed by atoms with Crippen LogP contribution in [0.4, 0.5) is 5.69 Å². The van der Waals surface area contributed by atoms with E-state index in [0.29, 0.717) is 46.0 Å². The molecule has 108 valence electrons. The summed E-state index contributed by atoms with van der Waals surface area (Å²) >= 11 is 12.2. The predicted molar refractivity (Wildman–Crippen MR) is 81.8 cm³/mol. The van der Waals surface area contributed by atoms with Crippen molar-refractivity contribution in [3.05, 3.63) is 52.0 Å². The van der Waals surface area contributed by atoms with Crippen LogP contribution in [0.1, 0.15) is 10.4 Å². The predicted octanol–water partition coefficient (Wildman–Crippen LogP) is 4.02. The number of carbonyl (C=O) groups excluding carboxylic acids is 1. The van der Waals surface area contributed by atoms with Crippen LogP contribution in [0.5, 0.6) is 11.5 Å². The van der Waals surface area contributed by atoms with E-state index in [0.717, 1.165) is 0 Å². The second kappa shape index (κ2) is 5.84. The molecule has 0 saturated heterocycles. The molecule has 0 spiro atoms. The van der Waals surface area contributed by atoms with E-state index < -0.39 is 0 Å². The van der Waals surface area contributed by atoms with E-state index in [-0.39, 0.29) is 5.91 Å². The number of hydrogen-bond donors (Lipinski definition) is 1. The Hall–Kier alpha value is -1.91. The largest absolute Gasteiger partial charge is 0.486 e. The van der Waals surface area contributed by atoms with Gasteiger partial charge in [0.15, 0.2) is 11.5 Å². The van der Waals surface area contributed by atoms with Gasteiger partial charge < -0.3 is 14.8 Å². The zero-order chi connectivity index (χ0) is 14.8. The summed E-state index contributed by atoms with van der Waals surface area (Å²) in [6.07, 6.45) is 0. The van der Waals surface area contributed by atoms with Gasteiger partial charge in [-0.1, -0.05) is 35.3 Å². The monoisotopic (exact) mass is 323 g/mol. The fraction of sp³-hybridized carbons (Fsp3) is 0.133. The van der Waals surface area contributed by atoms with Crippen molar-refractivity contribution >= 4 is 34.8 Å². The topological polar surface area (TPSA) is 47.6 Å². The lowest BCUT2D eigenvalue weighted by Crippen LogP contribution is -2.17. The van der Waals surface area contributed by atoms with Crippen LogP contribution in [0.2, 0.25) is 10.0 Å². The van der Waals surface area contributed by atoms with E-state index in [1.807, 2.05) is 0 Å². The number of halogens is 2. The van der Waals surface area contributed by atoms with Crippen molar-refractivity contribution in [1.82, 2.24) is 0 Å². The van der Waals surface area contributed by atoms with Gasteiger partial charge in [0.2, 0.25) is 0 Å². The number of fused-ring (bicyclic) bond motifs is 1. The maximum absolute atomic E-state index is 12.2. The van der Waals surface area contributed by atoms with Gasteiger partial charge in [0.1, 0.15) is 13.2 Å². The average Bonchev–Trinajstić information content (AvgIpc) is 2.48. The number of ether oxygens (including phenoxy) is 2. The van der Waals surface area contributed by atoms with Crippen molar-refractivity contribution in [2.24, 2.45) is 0 Å². The molecule has 0 bridgehead atoms. The molecule has 0 atom stereocenters. The molecule has 0 fully saturated rings. The molecular formula is C15H11Cl2NO3. The van der Waals surface area contributed by atoms with Crippen molar-refractivity contribution in [3.8, 4) is 11.5 Å². The van der Waals surface area contributed by atoms with Gasteiger partial charge in [0.25, 0.3) is 5.91 Å². The molecule has 2 aromatic carbocycles. The summed E-state index contributed by atoms with van der Waals surface area (Å²) in [5.41, 5.74) is 0.830. The van der Waals surface area contributed by atoms with Crippen molar-refractivity contribution < 1.29 is 14.3 Å². The Bertz CT molecular complexity index is 703. The molecule has 2 aromatic rings. The van der Waals surface area contributed by atoms with Crippen LogP contribution in [-0.2, 0) is 0 Å². The molecule has 1 aliphatic rings. The van der Waals surface area contributed by atoms with Crippen molar-refractivity contribution in [3.63, 3.8) is 0 Å². The van der Waals surface area contributed by atoms with Gasteiger partial charge in [-0.2, -0.15) is 0 Å². The van der Waals surface area contributed by atoms with Crippen LogP contribution in [-0.4, -0.2) is 19.1 Å². The van der Waals surface area contributed by atoms with E-state index in [1.165, 1.54) is 0 Å². The Morgan fingerprint density at radius 2 is 1.67 bits per heavy atom. The standard InChI is InChI=1S/C15H11Cl2NO3/c16-10-4-2-1-3-9(10)15(19)18-12-8-14-13(7-11(12)17)20-5-6-21-14/h1-4,7-8H,5-6H2,(H,18,19). The molecular weight excluding hydrogens is 313 g/mol. The van der Waals surface area contributed by atoms with Crippen molar-refractivity contribution in [1.29, 1.82) is 0 Å². The second-order valence-electron chi connectivity index (χ2n) is 4.41. The minimum atomic E-state index is -0.334. The average molecular weight is 324 g/mol. The molecule has 4 nitrogen and oxygen atoms in total. The van der Waals surface area contributed by atoms with Gasteiger partial charge in [-0.25, -0.2) is 0 Å². The van der Waals surface area contributed by atoms with Crippen LogP contribution in [0.3, 0.4) is 0 Å². The van der Waals surface area contributed by atoms with E-state index in [1.54, 1.807) is 36.4 Å². The van der Waals surface area contributed by atoms with Crippen LogP contribution in [0.25, 0.3) is 0 Å². The van der Waals surface area contributed by atoms with Crippen molar-refractivity contribution in [2.75, 3.05) is 18.5 Å². The smallest absolute Gasteiger partial charge is 0.257 e. The highest BCUT2D eigenvalue weighted by molar-refractivity contribution is 6.36. The Kier molecular flexibility index (Phi) is 3.90. The number of benzene rings is 2. The first-order valence-electron chi connectivity index (χ1n) is 6.30. The van der Waals surface area contributed by atoms with E-state index in [9.17, 15) is 4.79 Å². The molecule has 0 aromatic heterocycles. The zero-order valence-corrected chi connectivity index (χ0v) is 12.4. The molecule has 3 rings (SSSR count). The molecule has 1 heterocycles. The second-order valence-corrected chi connectivity index (χ2v) is 5.22. The number of carbonyl (C=O) groups is 1. The molecule has 1 N–H and O–H groups in total. The van der Waals surface area contributed by atoms with Gasteiger partial charge in [-0.15, -0.1) is 0 Å². The molecule has 6 heteroatoms. The molecule has 0 aliphatic carbocycles. The summed E-state index contributed by atoms with van der Waals surface area (Å²) in [5.74, 6) is 0.793. The van der Waals surface area contributed by atoms with E-state index in [2.05, 4.69) is 5.32 Å². The summed E-state index contributed by atoms with van der Waals surface area (Å²) in [5, 5.41) is 3.48. The Balaban J connectivity index is 1.88. The highest BCUT2D eigenvalue weighted by Crippen LogP contribution is 2.38. The third-order valence-electron chi connectivity index (χ3n) is 3.00. The summed E-state index contributed by atoms with van der Waals surface area (Å²) < 4.78 is 10.9. The summed E-state index contributed by atoms with van der Waals surface area (Å²) in [6, 6.07) is 10.1. The third kappa shape index (κ3) is 2.91. The first-order valence-corrected chi connectivity index (χ1v) is 7.06. The first-order chi connectivity index (χ1) is 10.1. The maximum Gasteiger partial charge on any atom is 0.257 e. The molecule has 0 unspecified atom stereocenters. The molecule has 0 radical (unpaired) electrons. The Morgan fingerprint density at radius 3 is 2.38 bits per heavy atom. The number of hydrogen-bond acceptors (Lipinski definition) is 3. The number of rotatable bonds is 2. The van der Waals surface area contributed by atoms with Crippen molar-refractivity contribution in [2.45, 2.75) is 0 Å². The quantitative estimate of drug-likeness (QED) is 0.908. The molecule has 1 amide bonds. The summed E-state index contributed by atoms with van der Waals surface area (Å²) in [7, 11) is 0. The maximum atomic E-state index is 12.2. The van der Waals surface area contributed by atoms with Gasteiger partial charge in [-0.3, -0.25) is 4.79 Å². The number of amides is 1. The lowest BCUT2D eigenvalue weighted by atomic mass is 10.2. The zero-order valence-electron chi connectivity index (χ0n) is 10.9. The third-order valence-corrected chi connectivity index (χ3v) is 3.64. The summed E-state index contributed by atoms with van der Waals surface area (Å²) in [4.78, 5) is 12.2. The first kappa shape index (κ1) is 14.0. The van der Waals surface area contributed by atoms with Crippen LogP contribution in [0, 0.1) is 0 Å². The minimum Gasteiger partial charge on any atom is -0.486 e. The number of nitrogens with one attached hydrogen (secondary N) is 1. The summed E-state index contributed by atoms with van der Waals surface area (Å²) in [6.45, 7) is 0.946. The van der Waals surface area contributed by atoms with Gasteiger partial charge in [0.05, 0.1) is 21.3 Å². The van der Waals surface area contributed by atoms with E-state index in [4.69, 9.17) is 32.7 Å². The van der Waals surface area contributed by atoms with Gasteiger partial charge >= 0.3 is 0 Å². The van der Waals surface area contributed by atoms with Crippen LogP contribution in [0.15, 0.2) is 36.4 Å². The Morgan fingerprint density at radius 1 is 1.00 bits per heavy atom.